The molecule has 1 heterocycles. The van der Waals surface area contributed by atoms with E-state index in [9.17, 15) is 25.2 Å². The van der Waals surface area contributed by atoms with Gasteiger partial charge in [0, 0.05) is 22.5 Å². The predicted molar refractivity (Wildman–Crippen MR) is 136 cm³/mol. The number of aliphatic hydroxyl groups is 3. The minimum Gasteiger partial charge on any atom is -0.508 e. The Balaban J connectivity index is 1.66. The molecule has 0 spiro atoms. The molecule has 34 heavy (non-hydrogen) atoms. The van der Waals surface area contributed by atoms with Gasteiger partial charge in [-0.3, -0.25) is 4.79 Å². The molecule has 7 heteroatoms. The number of amides is 1. The van der Waals surface area contributed by atoms with Crippen molar-refractivity contribution in [2.75, 3.05) is 13.2 Å². The monoisotopic (exact) mass is 487 g/mol. The van der Waals surface area contributed by atoms with E-state index in [-0.39, 0.29) is 35.4 Å². The van der Waals surface area contributed by atoms with Crippen LogP contribution in [0.2, 0.25) is 0 Å². The molecule has 6 nitrogen and oxygen atoms in total. The second kappa shape index (κ2) is 11.6. The van der Waals surface area contributed by atoms with Crippen LogP contribution in [0, 0.1) is 6.92 Å². The van der Waals surface area contributed by atoms with Crippen molar-refractivity contribution >= 4 is 17.7 Å². The number of aromatic hydroxyl groups is 1. The Morgan fingerprint density at radius 2 is 1.79 bits per heavy atom. The summed E-state index contributed by atoms with van der Waals surface area (Å²) in [5, 5.41) is 42.4. The summed E-state index contributed by atoms with van der Waals surface area (Å²) in [6.45, 7) is 5.48. The van der Waals surface area contributed by atoms with Crippen LogP contribution in [0.25, 0.3) is 0 Å². The molecule has 3 rings (SSSR count). The zero-order chi connectivity index (χ0) is 24.9. The number of carbonyl (C=O) groups excluding carboxylic acids is 1. The quantitative estimate of drug-likeness (QED) is 0.371. The van der Waals surface area contributed by atoms with Crippen molar-refractivity contribution in [3.8, 4) is 5.75 Å². The number of benzene rings is 2. The van der Waals surface area contributed by atoms with Crippen LogP contribution in [0.5, 0.6) is 5.75 Å². The molecule has 0 radical (unpaired) electrons. The first-order chi connectivity index (χ1) is 16.1. The van der Waals surface area contributed by atoms with Gasteiger partial charge in [-0.15, -0.1) is 11.8 Å². The molecule has 0 aromatic heterocycles. The van der Waals surface area contributed by atoms with Gasteiger partial charge >= 0.3 is 0 Å². The first-order valence-corrected chi connectivity index (χ1v) is 12.8. The normalized spacial score (nSPS) is 20.8. The van der Waals surface area contributed by atoms with Crippen molar-refractivity contribution in [3.05, 3.63) is 64.2 Å². The smallest absolute Gasteiger partial charge is 0.220 e. The number of phenolic OH excluding ortho intramolecular Hbond substituents is 1. The second-order valence-electron chi connectivity index (χ2n) is 9.98. The van der Waals surface area contributed by atoms with Crippen LogP contribution in [0.3, 0.4) is 0 Å². The van der Waals surface area contributed by atoms with Gasteiger partial charge in [-0.05, 0) is 74.8 Å². The lowest BCUT2D eigenvalue weighted by atomic mass is 9.93. The number of phenols is 1. The van der Waals surface area contributed by atoms with E-state index >= 15 is 0 Å². The number of nitrogens with one attached hydrogen (secondary N) is 1. The van der Waals surface area contributed by atoms with Crippen molar-refractivity contribution in [1.29, 1.82) is 0 Å². The van der Waals surface area contributed by atoms with Gasteiger partial charge in [0.1, 0.15) is 5.75 Å². The third-order valence-electron chi connectivity index (χ3n) is 6.34. The van der Waals surface area contributed by atoms with E-state index in [0.29, 0.717) is 32.1 Å². The number of thioether (sulfide) groups is 1. The standard InChI is InChI=1S/C27H37NO5S/c1-17-10-24(32)23(25-14-21(31)13-22(15-29)34-25)12-20(17)11-19-6-4-18(5-7-19)8-9-26(33)28-27(2,3)16-30/h4-7,10,12,21-22,25,29-32H,8-9,11,13-16H2,1-3H3,(H,28,33). The molecule has 1 fully saturated rings. The van der Waals surface area contributed by atoms with Gasteiger partial charge in [0.25, 0.3) is 0 Å². The lowest BCUT2D eigenvalue weighted by molar-refractivity contribution is -0.123. The summed E-state index contributed by atoms with van der Waals surface area (Å²) in [6, 6.07) is 12.0. The van der Waals surface area contributed by atoms with Gasteiger partial charge < -0.3 is 25.7 Å². The van der Waals surface area contributed by atoms with Crippen LogP contribution in [-0.2, 0) is 17.6 Å². The highest BCUT2D eigenvalue weighted by Crippen LogP contribution is 2.46. The fourth-order valence-corrected chi connectivity index (χ4v) is 5.85. The fourth-order valence-electron chi connectivity index (χ4n) is 4.29. The van der Waals surface area contributed by atoms with Crippen LogP contribution in [0.1, 0.15) is 66.2 Å². The van der Waals surface area contributed by atoms with E-state index in [1.54, 1.807) is 31.7 Å². The summed E-state index contributed by atoms with van der Waals surface area (Å²) in [7, 11) is 0. The fraction of sp³-hybridized carbons (Fsp3) is 0.519. The molecule has 186 valence electrons. The van der Waals surface area contributed by atoms with Crippen molar-refractivity contribution in [3.63, 3.8) is 0 Å². The lowest BCUT2D eigenvalue weighted by Gasteiger charge is -2.32. The summed E-state index contributed by atoms with van der Waals surface area (Å²) < 4.78 is 0. The molecule has 0 saturated carbocycles. The molecule has 3 atom stereocenters. The molecule has 0 bridgehead atoms. The van der Waals surface area contributed by atoms with Crippen molar-refractivity contribution in [2.45, 2.75) is 75.0 Å². The molecule has 3 unspecified atom stereocenters. The average Bonchev–Trinajstić information content (AvgIpc) is 2.79. The number of carbonyl (C=O) groups is 1. The molecule has 1 saturated heterocycles. The molecule has 1 aliphatic heterocycles. The molecule has 1 aliphatic rings. The topological polar surface area (TPSA) is 110 Å². The molecular formula is C27H37NO5S. The van der Waals surface area contributed by atoms with E-state index in [1.807, 2.05) is 25.1 Å². The van der Waals surface area contributed by atoms with Gasteiger partial charge in [0.15, 0.2) is 0 Å². The first kappa shape index (κ1) is 26.5. The molecule has 2 aromatic carbocycles. The summed E-state index contributed by atoms with van der Waals surface area (Å²) >= 11 is 1.62. The highest BCUT2D eigenvalue weighted by molar-refractivity contribution is 8.00. The van der Waals surface area contributed by atoms with Gasteiger partial charge in [0.05, 0.1) is 24.9 Å². The molecule has 1 amide bonds. The van der Waals surface area contributed by atoms with Crippen LogP contribution < -0.4 is 5.32 Å². The third-order valence-corrected chi connectivity index (χ3v) is 7.85. The zero-order valence-corrected chi connectivity index (χ0v) is 21.1. The average molecular weight is 488 g/mol. The van der Waals surface area contributed by atoms with Crippen LogP contribution in [0.4, 0.5) is 0 Å². The van der Waals surface area contributed by atoms with Crippen LogP contribution >= 0.6 is 11.8 Å². The van der Waals surface area contributed by atoms with Crippen molar-refractivity contribution < 1.29 is 25.2 Å². The van der Waals surface area contributed by atoms with E-state index in [1.165, 1.54) is 0 Å². The highest BCUT2D eigenvalue weighted by Gasteiger charge is 2.30. The number of aryl methyl sites for hydroxylation is 2. The van der Waals surface area contributed by atoms with Crippen molar-refractivity contribution in [1.82, 2.24) is 5.32 Å². The van der Waals surface area contributed by atoms with E-state index in [4.69, 9.17) is 0 Å². The Morgan fingerprint density at radius 3 is 2.44 bits per heavy atom. The maximum Gasteiger partial charge on any atom is 0.220 e. The SMILES string of the molecule is Cc1cc(O)c(C2CC(O)CC(CO)S2)cc1Cc1ccc(CCC(=O)NC(C)(C)CO)cc1. The maximum atomic E-state index is 12.1. The van der Waals surface area contributed by atoms with Gasteiger partial charge in [-0.25, -0.2) is 0 Å². The Morgan fingerprint density at radius 1 is 1.12 bits per heavy atom. The third kappa shape index (κ3) is 7.22. The van der Waals surface area contributed by atoms with E-state index < -0.39 is 11.6 Å². The van der Waals surface area contributed by atoms with E-state index in [2.05, 4.69) is 17.4 Å². The van der Waals surface area contributed by atoms with Crippen molar-refractivity contribution in [2.24, 2.45) is 0 Å². The summed E-state index contributed by atoms with van der Waals surface area (Å²) in [6.07, 6.45) is 2.37. The number of aliphatic hydroxyl groups excluding tert-OH is 3. The Bertz CT molecular complexity index is 976. The minimum atomic E-state index is -0.616. The zero-order valence-electron chi connectivity index (χ0n) is 20.3. The van der Waals surface area contributed by atoms with Gasteiger partial charge in [-0.1, -0.05) is 30.3 Å². The van der Waals surface area contributed by atoms with Crippen LogP contribution in [0.15, 0.2) is 36.4 Å². The van der Waals surface area contributed by atoms with Gasteiger partial charge in [-0.2, -0.15) is 0 Å². The highest BCUT2D eigenvalue weighted by atomic mass is 32.2. The Hall–Kier alpha value is -2.06. The second-order valence-corrected chi connectivity index (χ2v) is 11.5. The first-order valence-electron chi connectivity index (χ1n) is 11.9. The predicted octanol–water partition coefficient (Wildman–Crippen LogP) is 3.40. The Kier molecular flexibility index (Phi) is 9.04. The number of hydrogen-bond donors (Lipinski definition) is 5. The van der Waals surface area contributed by atoms with E-state index in [0.717, 1.165) is 27.8 Å². The Labute approximate surface area is 206 Å². The molecule has 5 N–H and O–H groups in total. The maximum absolute atomic E-state index is 12.1. The molecule has 0 aliphatic carbocycles. The van der Waals surface area contributed by atoms with Gasteiger partial charge in [0.2, 0.25) is 5.91 Å². The summed E-state index contributed by atoms with van der Waals surface area (Å²) in [5.41, 5.74) is 4.54. The number of rotatable bonds is 9. The summed E-state index contributed by atoms with van der Waals surface area (Å²) in [5.74, 6) is 0.159. The molecule has 2 aromatic rings. The molecular weight excluding hydrogens is 450 g/mol. The minimum absolute atomic E-state index is 0.0188. The summed E-state index contributed by atoms with van der Waals surface area (Å²) in [4.78, 5) is 12.1. The largest absolute Gasteiger partial charge is 0.508 e. The lowest BCUT2D eigenvalue weighted by Crippen LogP contribution is -2.46. The van der Waals surface area contributed by atoms with Crippen LogP contribution in [-0.4, -0.2) is 56.4 Å². The number of hydrogen-bond acceptors (Lipinski definition) is 6.